The summed E-state index contributed by atoms with van der Waals surface area (Å²) < 4.78 is 43.7. The minimum Gasteiger partial charge on any atom is -0.496 e. The highest BCUT2D eigenvalue weighted by Gasteiger charge is 2.44. The van der Waals surface area contributed by atoms with Crippen LogP contribution in [0.2, 0.25) is 0 Å². The predicted molar refractivity (Wildman–Crippen MR) is 157 cm³/mol. The third kappa shape index (κ3) is 6.41. The number of esters is 1. The highest BCUT2D eigenvalue weighted by molar-refractivity contribution is 6.01. The van der Waals surface area contributed by atoms with E-state index in [1.165, 1.54) is 18.7 Å². The molecule has 2 aliphatic heterocycles. The van der Waals surface area contributed by atoms with Crippen LogP contribution < -0.4 is 15.4 Å². The predicted octanol–water partition coefficient (Wildman–Crippen LogP) is 4.48. The van der Waals surface area contributed by atoms with Crippen molar-refractivity contribution in [2.75, 3.05) is 47.6 Å². The first kappa shape index (κ1) is 31.4. The van der Waals surface area contributed by atoms with Crippen LogP contribution in [0.25, 0.3) is 0 Å². The number of halogens is 2. The Labute approximate surface area is 255 Å². The Hall–Kier alpha value is -4.03. The number of hydrogen-bond donors (Lipinski definition) is 2. The maximum atomic E-state index is 14.3. The number of carbonyl (C=O) groups excluding carboxylic acids is 3. The van der Waals surface area contributed by atoms with Crippen molar-refractivity contribution >= 4 is 18.0 Å². The standard InChI is InChI=1S/C32H38F2N4O6/c1-42-18-26-28(30(39)44-3)29(21-10-13-24(33)25(34)14-21)38(32(41)36-26)31(40)35-15-19-16-37(17-19)22-11-8-20(9-12-22)23-6-4-5-7-27(23)43-2/h4-7,10,13-14,19-20,22,29H,8-9,11-12,15-18H2,1-3H3,(H,35,40)(H,36,41)/t20?,22?,29-/m0/s1. The van der Waals surface area contributed by atoms with E-state index in [0.717, 1.165) is 68.7 Å². The summed E-state index contributed by atoms with van der Waals surface area (Å²) in [5.41, 5.74) is 1.24. The van der Waals surface area contributed by atoms with Crippen LogP contribution in [-0.2, 0) is 14.3 Å². The minimum absolute atomic E-state index is 0.0291. The normalized spacial score (nSPS) is 22.7. The van der Waals surface area contributed by atoms with Crippen LogP contribution in [0.3, 0.4) is 0 Å². The third-order valence-electron chi connectivity index (χ3n) is 8.82. The largest absolute Gasteiger partial charge is 0.496 e. The monoisotopic (exact) mass is 612 g/mol. The first-order valence-corrected chi connectivity index (χ1v) is 14.8. The maximum absolute atomic E-state index is 14.3. The van der Waals surface area contributed by atoms with Crippen LogP contribution in [0.15, 0.2) is 53.7 Å². The highest BCUT2D eigenvalue weighted by Crippen LogP contribution is 2.40. The zero-order valence-corrected chi connectivity index (χ0v) is 25.1. The third-order valence-corrected chi connectivity index (χ3v) is 8.82. The van der Waals surface area contributed by atoms with Crippen molar-refractivity contribution in [3.63, 3.8) is 0 Å². The molecule has 2 fully saturated rings. The molecule has 236 valence electrons. The second-order valence-electron chi connectivity index (χ2n) is 11.4. The van der Waals surface area contributed by atoms with Gasteiger partial charge in [-0.3, -0.25) is 4.90 Å². The molecule has 2 aromatic carbocycles. The zero-order valence-electron chi connectivity index (χ0n) is 25.1. The number of rotatable bonds is 9. The van der Waals surface area contributed by atoms with Crippen LogP contribution in [0.1, 0.15) is 48.8 Å². The van der Waals surface area contributed by atoms with E-state index in [2.05, 4.69) is 27.7 Å². The molecular weight excluding hydrogens is 574 g/mol. The quantitative estimate of drug-likeness (QED) is 0.402. The van der Waals surface area contributed by atoms with E-state index in [4.69, 9.17) is 14.2 Å². The number of urea groups is 2. The first-order valence-electron chi connectivity index (χ1n) is 14.8. The molecule has 0 bridgehead atoms. The van der Waals surface area contributed by atoms with Gasteiger partial charge < -0.3 is 24.8 Å². The minimum atomic E-state index is -1.37. The van der Waals surface area contributed by atoms with Crippen molar-refractivity contribution in [3.05, 3.63) is 76.5 Å². The summed E-state index contributed by atoms with van der Waals surface area (Å²) in [6, 6.07) is 8.66. The average molecular weight is 613 g/mol. The van der Waals surface area contributed by atoms with E-state index in [0.29, 0.717) is 18.5 Å². The van der Waals surface area contributed by atoms with Gasteiger partial charge in [0.25, 0.3) is 0 Å². The maximum Gasteiger partial charge on any atom is 0.338 e. The van der Waals surface area contributed by atoms with Crippen LogP contribution in [0.4, 0.5) is 18.4 Å². The number of hydrogen-bond acceptors (Lipinski definition) is 7. The molecule has 0 unspecified atom stereocenters. The molecule has 1 saturated heterocycles. The van der Waals surface area contributed by atoms with Crippen LogP contribution in [0.5, 0.6) is 5.75 Å². The van der Waals surface area contributed by atoms with Crippen molar-refractivity contribution < 1.29 is 37.4 Å². The number of imide groups is 1. The SMILES string of the molecule is COCC1=C(C(=O)OC)[C@H](c2ccc(F)c(F)c2)N(C(=O)NCC2CN(C3CCC(c4ccccc4OC)CC3)C2)C(=O)N1. The molecule has 0 spiro atoms. The lowest BCUT2D eigenvalue weighted by molar-refractivity contribution is -0.137. The molecule has 2 aromatic rings. The molecule has 5 rings (SSSR count). The lowest BCUT2D eigenvalue weighted by atomic mass is 9.79. The molecule has 3 aliphatic rings. The van der Waals surface area contributed by atoms with E-state index in [-0.39, 0.29) is 29.4 Å². The molecule has 2 N–H and O–H groups in total. The van der Waals surface area contributed by atoms with Crippen LogP contribution >= 0.6 is 0 Å². The van der Waals surface area contributed by atoms with Gasteiger partial charge in [0.05, 0.1) is 32.1 Å². The molecule has 10 nitrogen and oxygen atoms in total. The topological polar surface area (TPSA) is 109 Å². The van der Waals surface area contributed by atoms with Gasteiger partial charge in [-0.05, 0) is 60.9 Å². The Balaban J connectivity index is 1.22. The number of carbonyl (C=O) groups is 3. The Morgan fingerprint density at radius 1 is 1.00 bits per heavy atom. The molecule has 2 heterocycles. The van der Waals surface area contributed by atoms with E-state index in [9.17, 15) is 23.2 Å². The van der Waals surface area contributed by atoms with Crippen molar-refractivity contribution in [3.8, 4) is 5.75 Å². The summed E-state index contributed by atoms with van der Waals surface area (Å²) in [4.78, 5) is 42.8. The molecular formula is C32H38F2N4O6. The fourth-order valence-corrected chi connectivity index (χ4v) is 6.59. The summed E-state index contributed by atoms with van der Waals surface area (Å²) in [5, 5.41) is 5.33. The van der Waals surface area contributed by atoms with Crippen molar-refractivity contribution in [2.45, 2.75) is 43.7 Å². The summed E-state index contributed by atoms with van der Waals surface area (Å²) in [5.74, 6) is -1.54. The molecule has 0 aromatic heterocycles. The van der Waals surface area contributed by atoms with E-state index < -0.39 is 35.7 Å². The summed E-state index contributed by atoms with van der Waals surface area (Å²) in [6.45, 7) is 1.76. The van der Waals surface area contributed by atoms with Gasteiger partial charge in [-0.2, -0.15) is 0 Å². The van der Waals surface area contributed by atoms with Gasteiger partial charge in [0.15, 0.2) is 11.6 Å². The number of para-hydroxylation sites is 1. The fourth-order valence-electron chi connectivity index (χ4n) is 6.59. The number of likely N-dealkylation sites (tertiary alicyclic amines) is 1. The smallest absolute Gasteiger partial charge is 0.338 e. The second-order valence-corrected chi connectivity index (χ2v) is 11.4. The second kappa shape index (κ2) is 13.7. The van der Waals surface area contributed by atoms with Crippen molar-refractivity contribution in [1.29, 1.82) is 0 Å². The van der Waals surface area contributed by atoms with Crippen LogP contribution in [-0.4, -0.2) is 81.4 Å². The number of nitrogens with zero attached hydrogens (tertiary/aromatic N) is 2. The Kier molecular flexibility index (Phi) is 9.80. The van der Waals surface area contributed by atoms with Gasteiger partial charge in [0, 0.05) is 38.7 Å². The molecule has 44 heavy (non-hydrogen) atoms. The average Bonchev–Trinajstić information content (AvgIpc) is 3.01. The van der Waals surface area contributed by atoms with Gasteiger partial charge >= 0.3 is 18.0 Å². The van der Waals surface area contributed by atoms with Gasteiger partial charge in [-0.15, -0.1) is 0 Å². The Morgan fingerprint density at radius 3 is 2.39 bits per heavy atom. The van der Waals surface area contributed by atoms with E-state index in [1.54, 1.807) is 7.11 Å². The lowest BCUT2D eigenvalue weighted by Crippen LogP contribution is -2.59. The van der Waals surface area contributed by atoms with Gasteiger partial charge in [-0.25, -0.2) is 28.1 Å². The van der Waals surface area contributed by atoms with Gasteiger partial charge in [-0.1, -0.05) is 24.3 Å². The van der Waals surface area contributed by atoms with Gasteiger partial charge in [0.1, 0.15) is 11.8 Å². The molecule has 1 saturated carbocycles. The van der Waals surface area contributed by atoms with E-state index in [1.807, 2.05) is 12.1 Å². The number of amides is 4. The van der Waals surface area contributed by atoms with Gasteiger partial charge in [0.2, 0.25) is 0 Å². The first-order chi connectivity index (χ1) is 21.2. The lowest BCUT2D eigenvalue weighted by Gasteiger charge is -2.47. The number of methoxy groups -OCH3 is 3. The van der Waals surface area contributed by atoms with Crippen molar-refractivity contribution in [2.24, 2.45) is 5.92 Å². The summed E-state index contributed by atoms with van der Waals surface area (Å²) in [6.07, 6.45) is 4.33. The van der Waals surface area contributed by atoms with E-state index >= 15 is 0 Å². The Morgan fingerprint density at radius 2 is 1.73 bits per heavy atom. The fraction of sp³-hybridized carbons (Fsp3) is 0.469. The molecule has 0 radical (unpaired) electrons. The molecule has 1 atom stereocenters. The summed E-state index contributed by atoms with van der Waals surface area (Å²) in [7, 11) is 4.22. The molecule has 12 heteroatoms. The highest BCUT2D eigenvalue weighted by atomic mass is 19.2. The number of nitrogens with one attached hydrogen (secondary N) is 2. The molecule has 4 amide bonds. The molecule has 1 aliphatic carbocycles. The van der Waals surface area contributed by atoms with Crippen molar-refractivity contribution in [1.82, 2.24) is 20.4 Å². The zero-order chi connectivity index (χ0) is 31.4. The number of benzene rings is 2. The van der Waals surface area contributed by atoms with Crippen LogP contribution in [0, 0.1) is 17.6 Å². The summed E-state index contributed by atoms with van der Waals surface area (Å²) >= 11 is 0. The Bertz CT molecular complexity index is 1420. The number of ether oxygens (including phenoxy) is 3.